The Morgan fingerprint density at radius 2 is 2.41 bits per heavy atom. The normalized spacial score (nSPS) is 21.6. The number of carbonyl (C=O) groups is 1. The van der Waals surface area contributed by atoms with Gasteiger partial charge in [0.15, 0.2) is 0 Å². The Kier molecular flexibility index (Phi) is 3.84. The fraction of sp³-hybridized carbons (Fsp3) is 0.615. The summed E-state index contributed by atoms with van der Waals surface area (Å²) < 4.78 is 5.01. The van der Waals surface area contributed by atoms with Crippen LogP contribution < -0.4 is 0 Å². The first-order valence-corrected chi connectivity index (χ1v) is 6.26. The van der Waals surface area contributed by atoms with Crippen LogP contribution in [0, 0.1) is 0 Å². The van der Waals surface area contributed by atoms with Crippen LogP contribution in [0.1, 0.15) is 48.7 Å². The van der Waals surface area contributed by atoms with Crippen molar-refractivity contribution in [3.05, 3.63) is 23.7 Å². The van der Waals surface area contributed by atoms with Gasteiger partial charge in [0.05, 0.1) is 6.26 Å². The monoisotopic (exact) mass is 237 g/mol. The van der Waals surface area contributed by atoms with Crippen molar-refractivity contribution in [1.29, 1.82) is 0 Å². The second-order valence-electron chi connectivity index (χ2n) is 4.61. The van der Waals surface area contributed by atoms with Gasteiger partial charge < -0.3 is 9.52 Å². The van der Waals surface area contributed by atoms with Gasteiger partial charge in [-0.25, -0.2) is 4.79 Å². The third-order valence-electron chi connectivity index (χ3n) is 3.53. The van der Waals surface area contributed by atoms with E-state index >= 15 is 0 Å². The average molecular weight is 237 g/mol. The predicted molar refractivity (Wildman–Crippen MR) is 64.0 cm³/mol. The molecule has 1 aromatic rings. The van der Waals surface area contributed by atoms with Crippen LogP contribution >= 0.6 is 0 Å². The number of hydrogen-bond donors (Lipinski definition) is 1. The molecule has 0 aliphatic carbocycles. The molecule has 4 heteroatoms. The van der Waals surface area contributed by atoms with E-state index in [1.165, 1.54) is 25.5 Å². The molecule has 0 bridgehead atoms. The number of piperidine rings is 1. The molecule has 1 fully saturated rings. The number of likely N-dealkylation sites (tertiary alicyclic amines) is 1. The molecule has 0 radical (unpaired) electrons. The number of hydrogen-bond acceptors (Lipinski definition) is 3. The third-order valence-corrected chi connectivity index (χ3v) is 3.53. The summed E-state index contributed by atoms with van der Waals surface area (Å²) in [7, 11) is 0. The number of aromatic carboxylic acids is 1. The van der Waals surface area contributed by atoms with E-state index in [9.17, 15) is 4.79 Å². The van der Waals surface area contributed by atoms with Gasteiger partial charge in [0.2, 0.25) is 5.76 Å². The van der Waals surface area contributed by atoms with E-state index in [1.54, 1.807) is 6.07 Å². The predicted octanol–water partition coefficient (Wildman–Crippen LogP) is 2.74. The lowest BCUT2D eigenvalue weighted by molar-refractivity contribution is 0.0656. The van der Waals surface area contributed by atoms with Gasteiger partial charge in [0, 0.05) is 18.2 Å². The largest absolute Gasteiger partial charge is 0.475 e. The first-order valence-electron chi connectivity index (χ1n) is 6.26. The van der Waals surface area contributed by atoms with Crippen LogP contribution in [0.2, 0.25) is 0 Å². The zero-order valence-electron chi connectivity index (χ0n) is 10.2. The minimum absolute atomic E-state index is 0.0884. The summed E-state index contributed by atoms with van der Waals surface area (Å²) in [5, 5.41) is 8.99. The molecule has 1 aromatic heterocycles. The van der Waals surface area contributed by atoms with E-state index in [2.05, 4.69) is 11.8 Å². The average Bonchev–Trinajstić information content (AvgIpc) is 2.78. The van der Waals surface area contributed by atoms with Crippen molar-refractivity contribution in [2.75, 3.05) is 6.54 Å². The lowest BCUT2D eigenvalue weighted by Gasteiger charge is -2.34. The Labute approximate surface area is 101 Å². The van der Waals surface area contributed by atoms with Gasteiger partial charge >= 0.3 is 5.97 Å². The summed E-state index contributed by atoms with van der Waals surface area (Å²) in [6, 6.07) is 2.35. The Bertz CT molecular complexity index is 386. The topological polar surface area (TPSA) is 53.7 Å². The molecule has 0 saturated carbocycles. The van der Waals surface area contributed by atoms with Crippen LogP contribution in [0.25, 0.3) is 0 Å². The maximum absolute atomic E-state index is 11.0. The van der Waals surface area contributed by atoms with Gasteiger partial charge in [-0.15, -0.1) is 0 Å². The Hall–Kier alpha value is -1.29. The maximum Gasteiger partial charge on any atom is 0.372 e. The van der Waals surface area contributed by atoms with Crippen LogP contribution in [0.5, 0.6) is 0 Å². The van der Waals surface area contributed by atoms with Gasteiger partial charge in [-0.2, -0.15) is 0 Å². The summed E-state index contributed by atoms with van der Waals surface area (Å²) >= 11 is 0. The minimum Gasteiger partial charge on any atom is -0.475 e. The first kappa shape index (κ1) is 12.2. The summed E-state index contributed by atoms with van der Waals surface area (Å²) in [6.45, 7) is 3.94. The first-order chi connectivity index (χ1) is 8.22. The minimum atomic E-state index is -0.977. The Balaban J connectivity index is 2.08. The quantitative estimate of drug-likeness (QED) is 0.874. The van der Waals surface area contributed by atoms with Gasteiger partial charge in [0.1, 0.15) is 0 Å². The van der Waals surface area contributed by atoms with Crippen molar-refractivity contribution in [3.63, 3.8) is 0 Å². The molecular formula is C13H19NO3. The van der Waals surface area contributed by atoms with E-state index in [4.69, 9.17) is 9.52 Å². The van der Waals surface area contributed by atoms with Crippen molar-refractivity contribution in [3.8, 4) is 0 Å². The standard InChI is InChI=1S/C13H19NO3/c1-2-11-5-3-4-7-14(11)9-10-6-8-17-12(10)13(15)16/h6,8,11H,2-5,7,9H2,1H3,(H,15,16). The zero-order chi connectivity index (χ0) is 12.3. The molecule has 17 heavy (non-hydrogen) atoms. The number of nitrogens with zero attached hydrogens (tertiary/aromatic N) is 1. The van der Waals surface area contributed by atoms with Gasteiger partial charge in [-0.05, 0) is 31.9 Å². The molecule has 2 rings (SSSR count). The number of rotatable bonds is 4. The lowest BCUT2D eigenvalue weighted by Crippen LogP contribution is -2.38. The van der Waals surface area contributed by atoms with Crippen molar-refractivity contribution >= 4 is 5.97 Å². The van der Waals surface area contributed by atoms with Crippen molar-refractivity contribution in [1.82, 2.24) is 4.90 Å². The highest BCUT2D eigenvalue weighted by atomic mass is 16.4. The van der Waals surface area contributed by atoms with Gasteiger partial charge in [-0.1, -0.05) is 13.3 Å². The summed E-state index contributed by atoms with van der Waals surface area (Å²) in [4.78, 5) is 13.3. The number of carboxylic acids is 1. The molecule has 94 valence electrons. The second kappa shape index (κ2) is 5.36. The molecule has 4 nitrogen and oxygen atoms in total. The van der Waals surface area contributed by atoms with Crippen molar-refractivity contribution in [2.45, 2.75) is 45.2 Å². The van der Waals surface area contributed by atoms with Crippen LogP contribution in [0.15, 0.2) is 16.7 Å². The molecular weight excluding hydrogens is 218 g/mol. The van der Waals surface area contributed by atoms with E-state index in [-0.39, 0.29) is 5.76 Å². The van der Waals surface area contributed by atoms with E-state index in [0.29, 0.717) is 12.6 Å². The molecule has 1 atom stereocenters. The van der Waals surface area contributed by atoms with Gasteiger partial charge in [0.25, 0.3) is 0 Å². The third kappa shape index (κ3) is 2.69. The molecule has 0 spiro atoms. The molecule has 1 N–H and O–H groups in total. The number of carboxylic acid groups (broad SMARTS) is 1. The number of furan rings is 1. The molecule has 1 aliphatic rings. The van der Waals surface area contributed by atoms with E-state index in [0.717, 1.165) is 18.5 Å². The second-order valence-corrected chi connectivity index (χ2v) is 4.61. The maximum atomic E-state index is 11.0. The molecule has 1 aliphatic heterocycles. The van der Waals surface area contributed by atoms with Crippen molar-refractivity contribution in [2.24, 2.45) is 0 Å². The fourth-order valence-electron chi connectivity index (χ4n) is 2.60. The van der Waals surface area contributed by atoms with E-state index in [1.807, 2.05) is 0 Å². The summed E-state index contributed by atoms with van der Waals surface area (Å²) in [5.41, 5.74) is 0.790. The van der Waals surface area contributed by atoms with Crippen LogP contribution in [-0.4, -0.2) is 28.6 Å². The van der Waals surface area contributed by atoms with E-state index < -0.39 is 5.97 Å². The highest BCUT2D eigenvalue weighted by Crippen LogP contribution is 2.23. The van der Waals surface area contributed by atoms with Crippen molar-refractivity contribution < 1.29 is 14.3 Å². The Morgan fingerprint density at radius 1 is 1.59 bits per heavy atom. The Morgan fingerprint density at radius 3 is 3.12 bits per heavy atom. The summed E-state index contributed by atoms with van der Waals surface area (Å²) in [5.74, 6) is -0.888. The van der Waals surface area contributed by atoms with Crippen LogP contribution in [0.3, 0.4) is 0 Å². The smallest absolute Gasteiger partial charge is 0.372 e. The van der Waals surface area contributed by atoms with Crippen LogP contribution in [0.4, 0.5) is 0 Å². The lowest BCUT2D eigenvalue weighted by atomic mass is 9.99. The molecule has 1 unspecified atom stereocenters. The highest BCUT2D eigenvalue weighted by Gasteiger charge is 2.23. The molecule has 0 amide bonds. The molecule has 1 saturated heterocycles. The molecule has 0 aromatic carbocycles. The summed E-state index contributed by atoms with van der Waals surface area (Å²) in [6.07, 6.45) is 6.30. The molecule has 2 heterocycles. The van der Waals surface area contributed by atoms with Crippen LogP contribution in [-0.2, 0) is 6.54 Å². The fourth-order valence-corrected chi connectivity index (χ4v) is 2.60. The highest BCUT2D eigenvalue weighted by molar-refractivity contribution is 5.86. The SMILES string of the molecule is CCC1CCCCN1Cc1ccoc1C(=O)O. The zero-order valence-corrected chi connectivity index (χ0v) is 10.2. The van der Waals surface area contributed by atoms with Gasteiger partial charge in [-0.3, -0.25) is 4.90 Å².